The monoisotopic (exact) mass is 385 g/mol. The molecule has 1 spiro atoms. The average Bonchev–Trinajstić information content (AvgIpc) is 3.38. The molecule has 1 aromatic rings. The summed E-state index contributed by atoms with van der Waals surface area (Å²) in [5, 5.41) is 5.67. The average molecular weight is 385 g/mol. The van der Waals surface area contributed by atoms with E-state index in [4.69, 9.17) is 4.74 Å². The lowest BCUT2D eigenvalue weighted by Gasteiger charge is -2.20. The lowest BCUT2D eigenvalue weighted by atomic mass is 9.98. The van der Waals surface area contributed by atoms with Gasteiger partial charge < -0.3 is 15.4 Å². The van der Waals surface area contributed by atoms with Gasteiger partial charge in [0, 0.05) is 24.7 Å². The fourth-order valence-electron chi connectivity index (χ4n) is 4.48. The van der Waals surface area contributed by atoms with Crippen molar-refractivity contribution in [2.24, 2.45) is 0 Å². The van der Waals surface area contributed by atoms with Crippen molar-refractivity contribution < 1.29 is 19.1 Å². The summed E-state index contributed by atoms with van der Waals surface area (Å²) < 4.78 is 5.96. The Labute approximate surface area is 164 Å². The van der Waals surface area contributed by atoms with Crippen molar-refractivity contribution in [3.05, 3.63) is 24.3 Å². The molecule has 7 nitrogen and oxygen atoms in total. The molecule has 4 amide bonds. The third-order valence-electron chi connectivity index (χ3n) is 5.99. The van der Waals surface area contributed by atoms with Gasteiger partial charge in [-0.15, -0.1) is 0 Å². The maximum Gasteiger partial charge on any atom is 0.325 e. The van der Waals surface area contributed by atoms with Crippen molar-refractivity contribution in [1.29, 1.82) is 0 Å². The van der Waals surface area contributed by atoms with E-state index in [0.717, 1.165) is 31.4 Å². The van der Waals surface area contributed by atoms with E-state index < -0.39 is 5.54 Å². The number of anilines is 1. The summed E-state index contributed by atoms with van der Waals surface area (Å²) in [7, 11) is 0. The number of ether oxygens (including phenoxy) is 1. The number of rotatable bonds is 6. The fraction of sp³-hybridized carbons (Fsp3) is 0.571. The molecule has 150 valence electrons. The second kappa shape index (κ2) is 7.81. The molecule has 2 aliphatic carbocycles. The van der Waals surface area contributed by atoms with E-state index in [1.165, 1.54) is 17.7 Å². The van der Waals surface area contributed by atoms with Crippen molar-refractivity contribution in [3.8, 4) is 5.75 Å². The van der Waals surface area contributed by atoms with E-state index >= 15 is 0 Å². The Kier molecular flexibility index (Phi) is 5.24. The van der Waals surface area contributed by atoms with E-state index in [9.17, 15) is 14.4 Å². The number of hydrogen-bond acceptors (Lipinski definition) is 4. The molecule has 7 heteroatoms. The van der Waals surface area contributed by atoms with E-state index in [2.05, 4.69) is 10.6 Å². The van der Waals surface area contributed by atoms with Crippen molar-refractivity contribution in [1.82, 2.24) is 10.2 Å². The summed E-state index contributed by atoms with van der Waals surface area (Å²) in [6, 6.07) is 6.98. The summed E-state index contributed by atoms with van der Waals surface area (Å²) >= 11 is 0. The first-order valence-electron chi connectivity index (χ1n) is 10.3. The van der Waals surface area contributed by atoms with Crippen molar-refractivity contribution in [3.63, 3.8) is 0 Å². The highest BCUT2D eigenvalue weighted by Gasteiger charge is 2.52. The topological polar surface area (TPSA) is 87.7 Å². The second-order valence-electron chi connectivity index (χ2n) is 8.03. The van der Waals surface area contributed by atoms with E-state index in [1.54, 1.807) is 6.07 Å². The molecule has 0 aromatic heterocycles. The van der Waals surface area contributed by atoms with Crippen molar-refractivity contribution in [2.45, 2.75) is 69.4 Å². The van der Waals surface area contributed by atoms with Gasteiger partial charge in [-0.25, -0.2) is 4.79 Å². The van der Waals surface area contributed by atoms with Gasteiger partial charge >= 0.3 is 6.03 Å². The summed E-state index contributed by atoms with van der Waals surface area (Å²) in [4.78, 5) is 38.3. The summed E-state index contributed by atoms with van der Waals surface area (Å²) in [5.74, 6) is 0.336. The van der Waals surface area contributed by atoms with Gasteiger partial charge in [0.1, 0.15) is 11.3 Å². The minimum Gasteiger partial charge on any atom is -0.490 e. The van der Waals surface area contributed by atoms with E-state index in [-0.39, 0.29) is 36.9 Å². The van der Waals surface area contributed by atoms with Crippen molar-refractivity contribution in [2.75, 3.05) is 11.9 Å². The third-order valence-corrected chi connectivity index (χ3v) is 5.99. The summed E-state index contributed by atoms with van der Waals surface area (Å²) in [5.41, 5.74) is -0.0654. The number of nitrogens with zero attached hydrogens (tertiary/aromatic N) is 1. The smallest absolute Gasteiger partial charge is 0.325 e. The molecule has 3 fully saturated rings. The van der Waals surface area contributed by atoms with Crippen LogP contribution in [0.1, 0.15) is 57.8 Å². The molecular weight excluding hydrogens is 358 g/mol. The Morgan fingerprint density at radius 2 is 1.93 bits per heavy atom. The van der Waals surface area contributed by atoms with Crippen LogP contribution in [0.3, 0.4) is 0 Å². The molecule has 2 saturated carbocycles. The lowest BCUT2D eigenvalue weighted by Crippen LogP contribution is -2.44. The Morgan fingerprint density at radius 3 is 2.68 bits per heavy atom. The van der Waals surface area contributed by atoms with Crippen LogP contribution in [0.5, 0.6) is 5.75 Å². The van der Waals surface area contributed by atoms with Gasteiger partial charge in [0.25, 0.3) is 5.91 Å². The van der Waals surface area contributed by atoms with Crippen molar-refractivity contribution >= 4 is 23.5 Å². The normalized spacial score (nSPS) is 21.4. The first-order valence-corrected chi connectivity index (χ1v) is 10.3. The molecule has 0 radical (unpaired) electrons. The number of urea groups is 1. The molecule has 28 heavy (non-hydrogen) atoms. The van der Waals surface area contributed by atoms with E-state index in [0.29, 0.717) is 18.5 Å². The van der Waals surface area contributed by atoms with Crippen LogP contribution >= 0.6 is 0 Å². The molecule has 4 rings (SSSR count). The molecule has 0 unspecified atom stereocenters. The van der Waals surface area contributed by atoms with E-state index in [1.807, 2.05) is 18.2 Å². The lowest BCUT2D eigenvalue weighted by molar-refractivity contribution is -0.131. The number of imide groups is 1. The maximum atomic E-state index is 12.6. The molecule has 1 saturated heterocycles. The maximum absolute atomic E-state index is 12.6. The SMILES string of the molecule is O=C(CCN1C(=O)NC2(CCCC2)C1=O)Nc1cccc(OC2CCCC2)c1. The predicted octanol–water partition coefficient (Wildman–Crippen LogP) is 3.20. The Hall–Kier alpha value is -2.57. The zero-order chi connectivity index (χ0) is 19.6. The first-order chi connectivity index (χ1) is 13.6. The minimum atomic E-state index is -0.723. The first kappa shape index (κ1) is 18.8. The highest BCUT2D eigenvalue weighted by Crippen LogP contribution is 2.35. The molecular formula is C21H27N3O4. The zero-order valence-electron chi connectivity index (χ0n) is 16.0. The van der Waals surface area contributed by atoms with Gasteiger partial charge in [-0.3, -0.25) is 14.5 Å². The molecule has 1 aromatic carbocycles. The van der Waals surface area contributed by atoms with Gasteiger partial charge in [-0.2, -0.15) is 0 Å². The molecule has 2 N–H and O–H groups in total. The third kappa shape index (κ3) is 3.84. The molecule has 0 atom stereocenters. The largest absolute Gasteiger partial charge is 0.490 e. The van der Waals surface area contributed by atoms with Crippen LogP contribution < -0.4 is 15.4 Å². The fourth-order valence-corrected chi connectivity index (χ4v) is 4.48. The van der Waals surface area contributed by atoms with Crippen LogP contribution in [-0.2, 0) is 9.59 Å². The van der Waals surface area contributed by atoms with Gasteiger partial charge in [0.15, 0.2) is 0 Å². The van der Waals surface area contributed by atoms with Gasteiger partial charge in [0.05, 0.1) is 6.10 Å². The summed E-state index contributed by atoms with van der Waals surface area (Å²) in [6.07, 6.45) is 8.14. The van der Waals surface area contributed by atoms with Gasteiger partial charge in [-0.1, -0.05) is 18.9 Å². The highest BCUT2D eigenvalue weighted by molar-refractivity contribution is 6.07. The minimum absolute atomic E-state index is 0.0724. The van der Waals surface area contributed by atoms with Crippen LogP contribution in [0.2, 0.25) is 0 Å². The number of carbonyl (C=O) groups excluding carboxylic acids is 3. The number of benzene rings is 1. The summed E-state index contributed by atoms with van der Waals surface area (Å²) in [6.45, 7) is 0.0938. The Bertz CT molecular complexity index is 767. The van der Waals surface area contributed by atoms with Crippen LogP contribution in [0.15, 0.2) is 24.3 Å². The number of amides is 4. The van der Waals surface area contributed by atoms with Crippen LogP contribution in [0.25, 0.3) is 0 Å². The van der Waals surface area contributed by atoms with Crippen LogP contribution in [0.4, 0.5) is 10.5 Å². The number of nitrogens with one attached hydrogen (secondary N) is 2. The Balaban J connectivity index is 1.30. The van der Waals surface area contributed by atoms with Crippen LogP contribution in [-0.4, -0.2) is 40.9 Å². The highest BCUT2D eigenvalue weighted by atomic mass is 16.5. The molecule has 0 bridgehead atoms. The van der Waals surface area contributed by atoms with Gasteiger partial charge in [-0.05, 0) is 50.7 Å². The molecule has 3 aliphatic rings. The predicted molar refractivity (Wildman–Crippen MR) is 104 cm³/mol. The zero-order valence-corrected chi connectivity index (χ0v) is 16.0. The van der Waals surface area contributed by atoms with Crippen LogP contribution in [0, 0.1) is 0 Å². The quantitative estimate of drug-likeness (QED) is 0.736. The number of hydrogen-bond donors (Lipinski definition) is 2. The van der Waals surface area contributed by atoms with Gasteiger partial charge in [0.2, 0.25) is 5.91 Å². The number of carbonyl (C=O) groups is 3. The standard InChI is InChI=1S/C21H27N3O4/c25-18(10-13-24-19(26)21(23-20(24)27)11-3-4-12-21)22-15-6-5-9-17(14-15)28-16-7-1-2-8-16/h5-6,9,14,16H,1-4,7-8,10-13H2,(H,22,25)(H,23,27). The molecule has 1 aliphatic heterocycles. The second-order valence-corrected chi connectivity index (χ2v) is 8.03. The Morgan fingerprint density at radius 1 is 1.18 bits per heavy atom. The molecule has 1 heterocycles.